The monoisotopic (exact) mass is 525 g/mol. The number of carbonyl (C=O) groups excluding carboxylic acids is 1. The highest BCUT2D eigenvalue weighted by atomic mass is 35.5. The second-order valence-corrected chi connectivity index (χ2v) is 12.1. The van der Waals surface area contributed by atoms with E-state index >= 15 is 0 Å². The Hall–Kier alpha value is -2.36. The standard InChI is InChI=1S/C25H36ClN3O5S/c1-7-15-29(35(6,31)32)21-20(13-14-27-22(21)26)17-33-18-25(5,16-19-11-9-8-10-12-19)28-23(30)34-24(2,3)4/h8-14H,7,15-18H2,1-6H3,(H,28,30). The molecule has 0 radical (unpaired) electrons. The van der Waals surface area contributed by atoms with Crippen LogP contribution in [-0.2, 0) is 32.5 Å². The van der Waals surface area contributed by atoms with Crippen LogP contribution in [0, 0.1) is 0 Å². The van der Waals surface area contributed by atoms with Crippen LogP contribution in [-0.4, -0.2) is 50.0 Å². The Morgan fingerprint density at radius 3 is 2.37 bits per heavy atom. The number of ether oxygens (including phenoxy) is 2. The molecule has 0 saturated carbocycles. The Bertz CT molecular complexity index is 1090. The van der Waals surface area contributed by atoms with E-state index in [1.807, 2.05) is 44.2 Å². The second-order valence-electron chi connectivity index (χ2n) is 9.79. The summed E-state index contributed by atoms with van der Waals surface area (Å²) in [7, 11) is -3.57. The SMILES string of the molecule is CCCN(c1c(COCC(C)(Cc2ccccc2)NC(=O)OC(C)(C)C)ccnc1Cl)S(C)(=O)=O. The molecule has 1 heterocycles. The first-order valence-electron chi connectivity index (χ1n) is 11.5. The molecule has 0 fully saturated rings. The molecule has 1 aromatic heterocycles. The fraction of sp³-hybridized carbons (Fsp3) is 0.520. The molecule has 1 aromatic carbocycles. The second kappa shape index (κ2) is 12.1. The van der Waals surface area contributed by atoms with Gasteiger partial charge in [0.1, 0.15) is 5.60 Å². The van der Waals surface area contributed by atoms with Crippen molar-refractivity contribution in [3.05, 3.63) is 58.9 Å². The lowest BCUT2D eigenvalue weighted by molar-refractivity contribution is 0.0287. The summed E-state index contributed by atoms with van der Waals surface area (Å²) < 4.78 is 37.6. The topological polar surface area (TPSA) is 97.8 Å². The molecule has 1 amide bonds. The van der Waals surface area contributed by atoms with Crippen LogP contribution in [0.4, 0.5) is 10.5 Å². The van der Waals surface area contributed by atoms with Crippen molar-refractivity contribution in [3.63, 3.8) is 0 Å². The highest BCUT2D eigenvalue weighted by Crippen LogP contribution is 2.31. The van der Waals surface area contributed by atoms with Crippen LogP contribution in [0.15, 0.2) is 42.6 Å². The van der Waals surface area contributed by atoms with Crippen molar-refractivity contribution in [1.82, 2.24) is 10.3 Å². The molecule has 1 unspecified atom stereocenters. The molecule has 2 aromatic rings. The third kappa shape index (κ3) is 9.31. The van der Waals surface area contributed by atoms with Crippen LogP contribution in [0.25, 0.3) is 0 Å². The molecule has 10 heteroatoms. The highest BCUT2D eigenvalue weighted by Gasteiger charge is 2.30. The summed E-state index contributed by atoms with van der Waals surface area (Å²) in [6.07, 6.45) is 3.21. The highest BCUT2D eigenvalue weighted by molar-refractivity contribution is 7.92. The van der Waals surface area contributed by atoms with E-state index in [-0.39, 0.29) is 24.9 Å². The lowest BCUT2D eigenvalue weighted by atomic mass is 9.93. The average Bonchev–Trinajstić information content (AvgIpc) is 2.71. The molecule has 194 valence electrons. The van der Waals surface area contributed by atoms with Crippen molar-refractivity contribution < 1.29 is 22.7 Å². The number of carbonyl (C=O) groups is 1. The van der Waals surface area contributed by atoms with Gasteiger partial charge in [0.15, 0.2) is 5.15 Å². The number of nitrogens with one attached hydrogen (secondary N) is 1. The summed E-state index contributed by atoms with van der Waals surface area (Å²) in [5, 5.41) is 3.03. The van der Waals surface area contributed by atoms with Gasteiger partial charge < -0.3 is 14.8 Å². The van der Waals surface area contributed by atoms with E-state index in [1.54, 1.807) is 26.8 Å². The normalized spacial score (nSPS) is 13.7. The van der Waals surface area contributed by atoms with Crippen molar-refractivity contribution in [2.75, 3.05) is 23.7 Å². The van der Waals surface area contributed by atoms with Crippen LogP contribution in [0.5, 0.6) is 0 Å². The summed E-state index contributed by atoms with van der Waals surface area (Å²) in [5.74, 6) is 0. The summed E-state index contributed by atoms with van der Waals surface area (Å²) in [4.78, 5) is 16.7. The van der Waals surface area contributed by atoms with Crippen LogP contribution < -0.4 is 9.62 Å². The molecule has 2 rings (SSSR count). The molecule has 8 nitrogen and oxygen atoms in total. The zero-order chi connectivity index (χ0) is 26.3. The number of halogens is 1. The van der Waals surface area contributed by atoms with Crippen molar-refractivity contribution in [1.29, 1.82) is 0 Å². The van der Waals surface area contributed by atoms with E-state index in [1.165, 1.54) is 10.5 Å². The van der Waals surface area contributed by atoms with E-state index in [0.717, 1.165) is 11.8 Å². The zero-order valence-corrected chi connectivity index (χ0v) is 22.9. The predicted molar refractivity (Wildman–Crippen MR) is 139 cm³/mol. The van der Waals surface area contributed by atoms with Crippen molar-refractivity contribution in [2.45, 2.75) is 65.2 Å². The first-order chi connectivity index (χ1) is 16.2. The number of hydrogen-bond donors (Lipinski definition) is 1. The first kappa shape index (κ1) is 28.9. The Kier molecular flexibility index (Phi) is 9.94. The van der Waals surface area contributed by atoms with Gasteiger partial charge in [-0.2, -0.15) is 0 Å². The minimum absolute atomic E-state index is 0.0771. The lowest BCUT2D eigenvalue weighted by Crippen LogP contribution is -2.52. The molecular formula is C25H36ClN3O5S. The summed E-state index contributed by atoms with van der Waals surface area (Å²) in [6, 6.07) is 11.4. The van der Waals surface area contributed by atoms with Crippen molar-refractivity contribution >= 4 is 33.4 Å². The van der Waals surface area contributed by atoms with Gasteiger partial charge in [-0.25, -0.2) is 18.2 Å². The van der Waals surface area contributed by atoms with E-state index < -0.39 is 27.3 Å². The van der Waals surface area contributed by atoms with Gasteiger partial charge in [-0.15, -0.1) is 0 Å². The number of pyridine rings is 1. The molecule has 0 saturated heterocycles. The molecule has 1 N–H and O–H groups in total. The molecule has 0 spiro atoms. The van der Waals surface area contributed by atoms with E-state index in [0.29, 0.717) is 24.1 Å². The van der Waals surface area contributed by atoms with Crippen LogP contribution in [0.2, 0.25) is 5.15 Å². The number of aromatic nitrogens is 1. The van der Waals surface area contributed by atoms with Crippen molar-refractivity contribution in [3.8, 4) is 0 Å². The molecule has 0 aliphatic carbocycles. The molecule has 0 bridgehead atoms. The van der Waals surface area contributed by atoms with Gasteiger partial charge in [0.2, 0.25) is 10.0 Å². The Balaban J connectivity index is 2.26. The number of alkyl carbamates (subject to hydrolysis) is 1. The summed E-state index contributed by atoms with van der Waals surface area (Å²) in [5.41, 5.74) is 0.483. The Morgan fingerprint density at radius 2 is 1.80 bits per heavy atom. The molecular weight excluding hydrogens is 490 g/mol. The number of anilines is 1. The lowest BCUT2D eigenvalue weighted by Gasteiger charge is -2.32. The van der Waals surface area contributed by atoms with Gasteiger partial charge in [0.05, 0.1) is 30.7 Å². The maximum absolute atomic E-state index is 12.6. The number of rotatable bonds is 11. The number of benzene rings is 1. The van der Waals surface area contributed by atoms with Crippen LogP contribution >= 0.6 is 11.6 Å². The number of nitrogens with zero attached hydrogens (tertiary/aromatic N) is 2. The smallest absolute Gasteiger partial charge is 0.408 e. The Labute approximate surface area is 214 Å². The third-order valence-electron chi connectivity index (χ3n) is 4.96. The maximum atomic E-state index is 12.6. The molecule has 35 heavy (non-hydrogen) atoms. The van der Waals surface area contributed by atoms with E-state index in [2.05, 4.69) is 10.3 Å². The predicted octanol–water partition coefficient (Wildman–Crippen LogP) is 4.95. The van der Waals surface area contributed by atoms with Crippen LogP contribution in [0.1, 0.15) is 52.2 Å². The largest absolute Gasteiger partial charge is 0.444 e. The van der Waals surface area contributed by atoms with Gasteiger partial charge in [-0.3, -0.25) is 4.31 Å². The van der Waals surface area contributed by atoms with Gasteiger partial charge in [0, 0.05) is 18.3 Å². The summed E-state index contributed by atoms with van der Waals surface area (Å²) in [6.45, 7) is 9.66. The molecule has 1 atom stereocenters. The summed E-state index contributed by atoms with van der Waals surface area (Å²) >= 11 is 6.33. The molecule has 0 aliphatic heterocycles. The van der Waals surface area contributed by atoms with Crippen LogP contribution in [0.3, 0.4) is 0 Å². The van der Waals surface area contributed by atoms with Gasteiger partial charge in [0.25, 0.3) is 0 Å². The first-order valence-corrected chi connectivity index (χ1v) is 13.7. The third-order valence-corrected chi connectivity index (χ3v) is 6.40. The minimum atomic E-state index is -3.57. The van der Waals surface area contributed by atoms with Gasteiger partial charge in [-0.1, -0.05) is 48.9 Å². The maximum Gasteiger partial charge on any atom is 0.408 e. The Morgan fingerprint density at radius 1 is 1.14 bits per heavy atom. The van der Waals surface area contributed by atoms with Gasteiger partial charge in [-0.05, 0) is 52.2 Å². The van der Waals surface area contributed by atoms with E-state index in [4.69, 9.17) is 21.1 Å². The minimum Gasteiger partial charge on any atom is -0.444 e. The van der Waals surface area contributed by atoms with Gasteiger partial charge >= 0.3 is 6.09 Å². The fourth-order valence-electron chi connectivity index (χ4n) is 3.61. The zero-order valence-electron chi connectivity index (χ0n) is 21.3. The molecule has 0 aliphatic rings. The average molecular weight is 526 g/mol. The number of sulfonamides is 1. The van der Waals surface area contributed by atoms with E-state index in [9.17, 15) is 13.2 Å². The number of hydrogen-bond acceptors (Lipinski definition) is 6. The quantitative estimate of drug-likeness (QED) is 0.417. The van der Waals surface area contributed by atoms with Crippen molar-refractivity contribution in [2.24, 2.45) is 0 Å². The fourth-order valence-corrected chi connectivity index (χ4v) is 4.98. The number of amides is 1.